The number of allylic oxidation sites excluding steroid dienone is 1. The Morgan fingerprint density at radius 1 is 1.45 bits per heavy atom. The number of nitrogens with zero attached hydrogens (tertiary/aromatic N) is 1. The van der Waals surface area contributed by atoms with Gasteiger partial charge < -0.3 is 9.64 Å². The van der Waals surface area contributed by atoms with Gasteiger partial charge in [0.2, 0.25) is 0 Å². The minimum Gasteiger partial charge on any atom is -0.463 e. The molecule has 1 aromatic carbocycles. The number of hydrogen-bond acceptors (Lipinski definition) is 3. The maximum Gasteiger partial charge on any atom is 0.331 e. The monoisotopic (exact) mass is 301 g/mol. The molecular formula is C19H27NO2. The zero-order chi connectivity index (χ0) is 16.3. The van der Waals surface area contributed by atoms with Crippen LogP contribution in [0.2, 0.25) is 0 Å². The average Bonchev–Trinajstić information content (AvgIpc) is 2.45. The Bertz CT molecular complexity index is 575. The number of esters is 1. The van der Waals surface area contributed by atoms with E-state index < -0.39 is 0 Å². The van der Waals surface area contributed by atoms with Crippen molar-refractivity contribution in [2.45, 2.75) is 47.1 Å². The fourth-order valence-corrected chi connectivity index (χ4v) is 3.08. The standard InChI is InChI=1S/C19H27NO2/c1-6-22-19(21)10-15(5)16-7-8-18-17(11-16)9-14(4)12-20(18)13(2)3/h7-8,10-11,13-14H,6,9,12H2,1-5H3. The van der Waals surface area contributed by atoms with Gasteiger partial charge in [-0.2, -0.15) is 0 Å². The van der Waals surface area contributed by atoms with E-state index in [0.29, 0.717) is 18.6 Å². The molecule has 0 fully saturated rings. The molecule has 3 nitrogen and oxygen atoms in total. The number of anilines is 1. The molecule has 1 unspecified atom stereocenters. The molecule has 1 heterocycles. The molecule has 0 N–H and O–H groups in total. The number of carbonyl (C=O) groups excluding carboxylic acids is 1. The van der Waals surface area contributed by atoms with Crippen LogP contribution in [0, 0.1) is 5.92 Å². The molecule has 1 atom stereocenters. The van der Waals surface area contributed by atoms with Crippen LogP contribution in [0.3, 0.4) is 0 Å². The van der Waals surface area contributed by atoms with Crippen molar-refractivity contribution in [1.29, 1.82) is 0 Å². The Hall–Kier alpha value is -1.77. The van der Waals surface area contributed by atoms with Gasteiger partial charge in [0.25, 0.3) is 0 Å². The minimum atomic E-state index is -0.269. The smallest absolute Gasteiger partial charge is 0.331 e. The van der Waals surface area contributed by atoms with Gasteiger partial charge in [0, 0.05) is 24.4 Å². The summed E-state index contributed by atoms with van der Waals surface area (Å²) >= 11 is 0. The van der Waals surface area contributed by atoms with Crippen molar-refractivity contribution in [3.63, 3.8) is 0 Å². The van der Waals surface area contributed by atoms with E-state index in [9.17, 15) is 4.79 Å². The van der Waals surface area contributed by atoms with E-state index in [0.717, 1.165) is 24.1 Å². The first kappa shape index (κ1) is 16.6. The number of ether oxygens (including phenoxy) is 1. The molecular weight excluding hydrogens is 274 g/mol. The number of rotatable bonds is 4. The predicted octanol–water partition coefficient (Wildman–Crippen LogP) is 4.06. The lowest BCUT2D eigenvalue weighted by molar-refractivity contribution is -0.137. The molecule has 1 aliphatic heterocycles. The Labute approximate surface area is 134 Å². The van der Waals surface area contributed by atoms with Crippen LogP contribution in [0.4, 0.5) is 5.69 Å². The lowest BCUT2D eigenvalue weighted by Crippen LogP contribution is -2.39. The summed E-state index contributed by atoms with van der Waals surface area (Å²) in [6, 6.07) is 7.03. The highest BCUT2D eigenvalue weighted by molar-refractivity contribution is 5.91. The maximum atomic E-state index is 11.6. The molecule has 1 aromatic rings. The third-order valence-corrected chi connectivity index (χ3v) is 4.17. The van der Waals surface area contributed by atoms with Gasteiger partial charge in [-0.05, 0) is 68.9 Å². The molecule has 0 radical (unpaired) electrons. The van der Waals surface area contributed by atoms with Crippen molar-refractivity contribution in [2.75, 3.05) is 18.1 Å². The van der Waals surface area contributed by atoms with Crippen molar-refractivity contribution < 1.29 is 9.53 Å². The second-order valence-corrected chi connectivity index (χ2v) is 6.48. The zero-order valence-electron chi connectivity index (χ0n) is 14.3. The lowest BCUT2D eigenvalue weighted by Gasteiger charge is -2.38. The van der Waals surface area contributed by atoms with Crippen LogP contribution < -0.4 is 4.90 Å². The second kappa shape index (κ2) is 6.99. The van der Waals surface area contributed by atoms with Crippen molar-refractivity contribution in [2.24, 2.45) is 5.92 Å². The fraction of sp³-hybridized carbons (Fsp3) is 0.526. The molecule has 0 saturated carbocycles. The maximum absolute atomic E-state index is 11.6. The quantitative estimate of drug-likeness (QED) is 0.620. The van der Waals surface area contributed by atoms with Crippen molar-refractivity contribution >= 4 is 17.2 Å². The molecule has 0 amide bonds. The molecule has 0 bridgehead atoms. The summed E-state index contributed by atoms with van der Waals surface area (Å²) in [6.45, 7) is 12.1. The molecule has 120 valence electrons. The van der Waals surface area contributed by atoms with E-state index in [1.807, 2.05) is 13.8 Å². The van der Waals surface area contributed by atoms with E-state index >= 15 is 0 Å². The highest BCUT2D eigenvalue weighted by Gasteiger charge is 2.23. The topological polar surface area (TPSA) is 29.5 Å². The first-order valence-corrected chi connectivity index (χ1v) is 8.17. The molecule has 0 saturated heterocycles. The van der Waals surface area contributed by atoms with Crippen molar-refractivity contribution in [3.8, 4) is 0 Å². The first-order valence-electron chi connectivity index (χ1n) is 8.17. The van der Waals surface area contributed by atoms with Crippen LogP contribution in [0.5, 0.6) is 0 Å². The van der Waals surface area contributed by atoms with Crippen molar-refractivity contribution in [3.05, 3.63) is 35.4 Å². The van der Waals surface area contributed by atoms with Crippen LogP contribution in [0.15, 0.2) is 24.3 Å². The first-order chi connectivity index (χ1) is 10.4. The van der Waals surface area contributed by atoms with Crippen LogP contribution in [0.25, 0.3) is 5.57 Å². The Morgan fingerprint density at radius 2 is 2.18 bits per heavy atom. The van der Waals surface area contributed by atoms with E-state index in [-0.39, 0.29) is 5.97 Å². The predicted molar refractivity (Wildman–Crippen MR) is 92.1 cm³/mol. The summed E-state index contributed by atoms with van der Waals surface area (Å²) in [7, 11) is 0. The van der Waals surface area contributed by atoms with Gasteiger partial charge in [-0.1, -0.05) is 13.0 Å². The highest BCUT2D eigenvalue weighted by atomic mass is 16.5. The van der Waals surface area contributed by atoms with Gasteiger partial charge in [0.15, 0.2) is 0 Å². The number of fused-ring (bicyclic) bond motifs is 1. The number of hydrogen-bond donors (Lipinski definition) is 0. The second-order valence-electron chi connectivity index (χ2n) is 6.48. The highest BCUT2D eigenvalue weighted by Crippen LogP contribution is 2.33. The third kappa shape index (κ3) is 3.70. The molecule has 0 aromatic heterocycles. The molecule has 22 heavy (non-hydrogen) atoms. The molecule has 0 aliphatic carbocycles. The Morgan fingerprint density at radius 3 is 2.82 bits per heavy atom. The molecule has 0 spiro atoms. The summed E-state index contributed by atoms with van der Waals surface area (Å²) in [5, 5.41) is 0. The number of carbonyl (C=O) groups is 1. The van der Waals surface area contributed by atoms with Gasteiger partial charge in [0.1, 0.15) is 0 Å². The van der Waals surface area contributed by atoms with E-state index in [1.165, 1.54) is 11.3 Å². The van der Waals surface area contributed by atoms with E-state index in [4.69, 9.17) is 4.74 Å². The average molecular weight is 301 g/mol. The van der Waals surface area contributed by atoms with Gasteiger partial charge in [-0.3, -0.25) is 0 Å². The van der Waals surface area contributed by atoms with Crippen LogP contribution in [-0.4, -0.2) is 25.2 Å². The molecule has 3 heteroatoms. The minimum absolute atomic E-state index is 0.269. The Balaban J connectivity index is 2.31. The van der Waals surface area contributed by atoms with Gasteiger partial charge in [0.05, 0.1) is 6.61 Å². The summed E-state index contributed by atoms with van der Waals surface area (Å²) in [5.41, 5.74) is 4.77. The summed E-state index contributed by atoms with van der Waals surface area (Å²) in [4.78, 5) is 14.1. The van der Waals surface area contributed by atoms with Crippen molar-refractivity contribution in [1.82, 2.24) is 0 Å². The largest absolute Gasteiger partial charge is 0.463 e. The summed E-state index contributed by atoms with van der Waals surface area (Å²) < 4.78 is 4.99. The van der Waals surface area contributed by atoms with Crippen LogP contribution >= 0.6 is 0 Å². The summed E-state index contributed by atoms with van der Waals surface area (Å²) in [5.74, 6) is 0.384. The van der Waals surface area contributed by atoms with Crippen LogP contribution in [0.1, 0.15) is 45.7 Å². The van der Waals surface area contributed by atoms with Gasteiger partial charge >= 0.3 is 5.97 Å². The molecule has 2 rings (SSSR count). The SMILES string of the molecule is CCOC(=O)C=C(C)c1ccc2c(c1)CC(C)CN2C(C)C. The lowest BCUT2D eigenvalue weighted by atomic mass is 9.90. The molecule has 1 aliphatic rings. The van der Waals surface area contributed by atoms with Gasteiger partial charge in [-0.15, -0.1) is 0 Å². The summed E-state index contributed by atoms with van der Waals surface area (Å²) in [6.07, 6.45) is 2.68. The van der Waals surface area contributed by atoms with Crippen LogP contribution in [-0.2, 0) is 16.0 Å². The zero-order valence-corrected chi connectivity index (χ0v) is 14.3. The Kier molecular flexibility index (Phi) is 5.28. The normalized spacial score (nSPS) is 18.4. The third-order valence-electron chi connectivity index (χ3n) is 4.17. The van der Waals surface area contributed by atoms with Gasteiger partial charge in [-0.25, -0.2) is 4.79 Å². The fourth-order valence-electron chi connectivity index (χ4n) is 3.08. The van der Waals surface area contributed by atoms with E-state index in [2.05, 4.69) is 43.9 Å². The van der Waals surface area contributed by atoms with E-state index in [1.54, 1.807) is 6.08 Å². The number of benzene rings is 1.